The van der Waals surface area contributed by atoms with Gasteiger partial charge >= 0.3 is 0 Å². The second-order valence-corrected chi connectivity index (χ2v) is 8.95. The monoisotopic (exact) mass is 435 g/mol. The SMILES string of the molecule is CCN(CC)C(=O)c1ccc(N(c2cccc(C=S)c2)[C@H]2C3CCN(CC3)[C@@H]2C)cc1. The van der Waals surface area contributed by atoms with E-state index in [9.17, 15) is 4.79 Å². The van der Waals surface area contributed by atoms with E-state index in [0.29, 0.717) is 18.0 Å². The van der Waals surface area contributed by atoms with Crippen molar-refractivity contribution >= 4 is 34.9 Å². The van der Waals surface area contributed by atoms with Crippen molar-refractivity contribution in [1.82, 2.24) is 9.80 Å². The van der Waals surface area contributed by atoms with Crippen LogP contribution in [0.1, 0.15) is 49.5 Å². The number of hydrogen-bond donors (Lipinski definition) is 0. The average Bonchev–Trinajstić information content (AvgIpc) is 2.82. The molecule has 164 valence electrons. The normalized spacial score (nSPS) is 24.6. The van der Waals surface area contributed by atoms with Gasteiger partial charge in [-0.2, -0.15) is 0 Å². The Kier molecular flexibility index (Phi) is 6.73. The minimum absolute atomic E-state index is 0.0991. The number of amides is 1. The first-order chi connectivity index (χ1) is 15.1. The van der Waals surface area contributed by atoms with Gasteiger partial charge in [0.15, 0.2) is 0 Å². The minimum Gasteiger partial charge on any atom is -0.339 e. The largest absolute Gasteiger partial charge is 0.339 e. The van der Waals surface area contributed by atoms with E-state index in [1.54, 1.807) is 5.37 Å². The number of fused-ring (bicyclic) bond motifs is 3. The average molecular weight is 436 g/mol. The third-order valence-electron chi connectivity index (χ3n) is 7.15. The Morgan fingerprint density at radius 3 is 2.32 bits per heavy atom. The summed E-state index contributed by atoms with van der Waals surface area (Å²) in [6, 6.07) is 17.6. The number of anilines is 2. The molecule has 2 bridgehead atoms. The summed E-state index contributed by atoms with van der Waals surface area (Å²) < 4.78 is 0. The van der Waals surface area contributed by atoms with Crippen molar-refractivity contribution in [3.63, 3.8) is 0 Å². The Morgan fingerprint density at radius 2 is 1.74 bits per heavy atom. The molecule has 3 aliphatic heterocycles. The van der Waals surface area contributed by atoms with Crippen LogP contribution in [0, 0.1) is 5.92 Å². The minimum atomic E-state index is 0.0991. The molecule has 4 nitrogen and oxygen atoms in total. The highest BCUT2D eigenvalue weighted by atomic mass is 32.1. The van der Waals surface area contributed by atoms with E-state index in [0.717, 1.165) is 29.9 Å². The fourth-order valence-corrected chi connectivity index (χ4v) is 5.55. The first-order valence-corrected chi connectivity index (χ1v) is 12.0. The Morgan fingerprint density at radius 1 is 1.06 bits per heavy atom. The van der Waals surface area contributed by atoms with Crippen molar-refractivity contribution in [2.24, 2.45) is 5.92 Å². The Bertz CT molecular complexity index is 915. The molecule has 31 heavy (non-hydrogen) atoms. The first kappa shape index (κ1) is 22.0. The molecule has 5 rings (SSSR count). The molecule has 2 atom stereocenters. The van der Waals surface area contributed by atoms with Crippen LogP contribution in [0.2, 0.25) is 0 Å². The van der Waals surface area contributed by atoms with Crippen LogP contribution in [0.15, 0.2) is 48.5 Å². The van der Waals surface area contributed by atoms with Crippen LogP contribution in [-0.2, 0) is 0 Å². The summed E-state index contributed by atoms with van der Waals surface area (Å²) >= 11 is 5.21. The maximum absolute atomic E-state index is 12.8. The Balaban J connectivity index is 1.72. The summed E-state index contributed by atoms with van der Waals surface area (Å²) in [5, 5.41) is 1.74. The molecule has 0 aromatic heterocycles. The first-order valence-electron chi connectivity index (χ1n) is 11.5. The standard InChI is InChI=1S/C26H33N3OS/c1-4-27(5-2)26(30)22-9-11-23(12-10-22)29(24-8-6-7-20(17-24)18-31)25-19(3)28-15-13-21(25)14-16-28/h6-12,17-19,21,25H,4-5,13-16H2,1-3H3/t19-,25-/m1/s1. The van der Waals surface area contributed by atoms with Crippen molar-refractivity contribution in [2.45, 2.75) is 45.7 Å². The van der Waals surface area contributed by atoms with Gasteiger partial charge in [0.1, 0.15) is 0 Å². The molecule has 0 radical (unpaired) electrons. The molecule has 2 aromatic carbocycles. The zero-order valence-corrected chi connectivity index (χ0v) is 19.6. The molecule has 3 saturated heterocycles. The smallest absolute Gasteiger partial charge is 0.253 e. The van der Waals surface area contributed by atoms with Crippen LogP contribution in [0.5, 0.6) is 0 Å². The zero-order valence-electron chi connectivity index (χ0n) is 18.8. The molecule has 0 N–H and O–H groups in total. The number of nitrogens with zero attached hydrogens (tertiary/aromatic N) is 3. The zero-order chi connectivity index (χ0) is 22.0. The number of hydrogen-bond acceptors (Lipinski definition) is 4. The molecule has 0 unspecified atom stereocenters. The van der Waals surface area contributed by atoms with Crippen molar-refractivity contribution in [2.75, 3.05) is 31.1 Å². The molecule has 3 heterocycles. The van der Waals surface area contributed by atoms with Gasteiger partial charge in [0.05, 0.1) is 6.04 Å². The number of carbonyl (C=O) groups is 1. The molecule has 0 saturated carbocycles. The van der Waals surface area contributed by atoms with Gasteiger partial charge in [0, 0.05) is 41.4 Å². The summed E-state index contributed by atoms with van der Waals surface area (Å²) in [5.74, 6) is 0.773. The van der Waals surface area contributed by atoms with Crippen molar-refractivity contribution in [3.8, 4) is 0 Å². The van der Waals surface area contributed by atoms with Gasteiger partial charge in [-0.15, -0.1) is 0 Å². The lowest BCUT2D eigenvalue weighted by Gasteiger charge is -2.54. The molecule has 2 aromatic rings. The van der Waals surface area contributed by atoms with Crippen LogP contribution in [0.25, 0.3) is 0 Å². The molecule has 1 amide bonds. The van der Waals surface area contributed by atoms with Gasteiger partial charge in [-0.3, -0.25) is 9.69 Å². The summed E-state index contributed by atoms with van der Waals surface area (Å²) in [5.41, 5.74) is 4.12. The van der Waals surface area contributed by atoms with Crippen molar-refractivity contribution in [3.05, 3.63) is 59.7 Å². The maximum atomic E-state index is 12.8. The van der Waals surface area contributed by atoms with Crippen LogP contribution in [0.4, 0.5) is 11.4 Å². The predicted octanol–water partition coefficient (Wildman–Crippen LogP) is 5.14. The van der Waals surface area contributed by atoms with Gasteiger partial charge in [-0.1, -0.05) is 24.4 Å². The number of carbonyl (C=O) groups excluding carboxylic acids is 1. The fourth-order valence-electron chi connectivity index (χ4n) is 5.40. The maximum Gasteiger partial charge on any atom is 0.253 e. The van der Waals surface area contributed by atoms with Crippen LogP contribution in [-0.4, -0.2) is 59.3 Å². The number of benzene rings is 2. The molecular weight excluding hydrogens is 402 g/mol. The van der Waals surface area contributed by atoms with E-state index >= 15 is 0 Å². The van der Waals surface area contributed by atoms with Crippen LogP contribution >= 0.6 is 12.2 Å². The summed E-state index contributed by atoms with van der Waals surface area (Å²) in [4.78, 5) is 19.8. The van der Waals surface area contributed by atoms with Gasteiger partial charge in [0.2, 0.25) is 0 Å². The second-order valence-electron chi connectivity index (χ2n) is 8.71. The predicted molar refractivity (Wildman–Crippen MR) is 133 cm³/mol. The molecule has 0 aliphatic carbocycles. The third kappa shape index (κ3) is 4.26. The van der Waals surface area contributed by atoms with E-state index in [4.69, 9.17) is 12.2 Å². The molecule has 3 fully saturated rings. The van der Waals surface area contributed by atoms with Crippen molar-refractivity contribution in [1.29, 1.82) is 0 Å². The number of piperidine rings is 3. The lowest BCUT2D eigenvalue weighted by atomic mass is 9.78. The number of thiocarbonyl (C=S) groups is 1. The molecular formula is C26H33N3OS. The second kappa shape index (κ2) is 9.49. The lowest BCUT2D eigenvalue weighted by Crippen LogP contribution is -2.61. The van der Waals surface area contributed by atoms with E-state index < -0.39 is 0 Å². The number of rotatable bonds is 7. The van der Waals surface area contributed by atoms with Gasteiger partial charge in [-0.25, -0.2) is 0 Å². The highest BCUT2D eigenvalue weighted by Gasteiger charge is 2.43. The highest BCUT2D eigenvalue weighted by Crippen LogP contribution is 2.41. The van der Waals surface area contributed by atoms with Gasteiger partial charge < -0.3 is 9.80 Å². The van der Waals surface area contributed by atoms with Crippen LogP contribution < -0.4 is 4.90 Å². The summed E-state index contributed by atoms with van der Waals surface area (Å²) in [7, 11) is 0. The highest BCUT2D eigenvalue weighted by molar-refractivity contribution is 7.79. The Labute approximate surface area is 191 Å². The van der Waals surface area contributed by atoms with Gasteiger partial charge in [-0.05, 0) is 94.6 Å². The van der Waals surface area contributed by atoms with E-state index in [1.807, 2.05) is 30.9 Å². The van der Waals surface area contributed by atoms with Crippen LogP contribution in [0.3, 0.4) is 0 Å². The molecule has 0 spiro atoms. The lowest BCUT2D eigenvalue weighted by molar-refractivity contribution is 0.0381. The molecule has 3 aliphatic rings. The van der Waals surface area contributed by atoms with E-state index in [1.165, 1.54) is 31.6 Å². The van der Waals surface area contributed by atoms with Gasteiger partial charge in [0.25, 0.3) is 5.91 Å². The molecule has 5 heteroatoms. The fraction of sp³-hybridized carbons (Fsp3) is 0.462. The van der Waals surface area contributed by atoms with E-state index in [2.05, 4.69) is 53.1 Å². The topological polar surface area (TPSA) is 26.8 Å². The van der Waals surface area contributed by atoms with Crippen molar-refractivity contribution < 1.29 is 4.79 Å². The quantitative estimate of drug-likeness (QED) is 0.563. The van der Waals surface area contributed by atoms with E-state index in [-0.39, 0.29) is 5.91 Å². The summed E-state index contributed by atoms with van der Waals surface area (Å²) in [6.07, 6.45) is 2.49. The summed E-state index contributed by atoms with van der Waals surface area (Å²) in [6.45, 7) is 10.3. The Hall–Kier alpha value is -2.24. The third-order valence-corrected chi connectivity index (χ3v) is 7.43.